The third-order valence-electron chi connectivity index (χ3n) is 5.83. The summed E-state index contributed by atoms with van der Waals surface area (Å²) in [5.74, 6) is -1.16. The molecule has 0 saturated carbocycles. The van der Waals surface area contributed by atoms with Crippen molar-refractivity contribution in [1.82, 2.24) is 0 Å². The standard InChI is InChI=1S/C27H24Cl3NO6S/c28-27(29,30)26(35)31-20-3-1-2-19(12-20)25-36-21(15-38-22-10-8-18(9-11-22)24(33)34)13-23(37-25)17-6-4-16(14-32)5-7-17/h1-12,21,23,25,32H,13-15H2,(H,31,35)(H,33,34). The van der Waals surface area contributed by atoms with Crippen molar-refractivity contribution in [1.29, 1.82) is 0 Å². The van der Waals surface area contributed by atoms with Crippen molar-refractivity contribution in [3.63, 3.8) is 0 Å². The number of carboxylic acids is 1. The highest BCUT2D eigenvalue weighted by molar-refractivity contribution is 7.99. The van der Waals surface area contributed by atoms with Crippen LogP contribution in [0, 0.1) is 0 Å². The Kier molecular flexibility index (Phi) is 9.59. The number of ether oxygens (including phenoxy) is 2. The fraction of sp³-hybridized carbons (Fsp3) is 0.259. The number of nitrogens with one attached hydrogen (secondary N) is 1. The first-order valence-corrected chi connectivity index (χ1v) is 13.7. The quantitative estimate of drug-likeness (QED) is 0.201. The molecule has 3 unspecified atom stereocenters. The van der Waals surface area contributed by atoms with Crippen molar-refractivity contribution < 1.29 is 29.3 Å². The second-order valence-corrected chi connectivity index (χ2v) is 11.9. The Bertz CT molecular complexity index is 1270. The summed E-state index contributed by atoms with van der Waals surface area (Å²) in [5.41, 5.74) is 3.06. The zero-order chi connectivity index (χ0) is 27.3. The van der Waals surface area contributed by atoms with Crippen molar-refractivity contribution >= 4 is 64.1 Å². The average Bonchev–Trinajstić information content (AvgIpc) is 2.91. The number of alkyl halides is 3. The van der Waals surface area contributed by atoms with E-state index in [0.29, 0.717) is 23.4 Å². The molecule has 1 fully saturated rings. The SMILES string of the molecule is O=C(O)c1ccc(SCC2CC(c3ccc(CO)cc3)OC(c3cccc(NC(=O)C(Cl)(Cl)Cl)c3)O2)cc1. The van der Waals surface area contributed by atoms with E-state index in [4.69, 9.17) is 49.4 Å². The highest BCUT2D eigenvalue weighted by Gasteiger charge is 2.33. The van der Waals surface area contributed by atoms with Crippen LogP contribution in [-0.2, 0) is 20.9 Å². The topological polar surface area (TPSA) is 105 Å². The number of carbonyl (C=O) groups is 2. The summed E-state index contributed by atoms with van der Waals surface area (Å²) in [6.45, 7) is -0.0514. The summed E-state index contributed by atoms with van der Waals surface area (Å²) in [4.78, 5) is 24.2. The second kappa shape index (κ2) is 12.7. The molecule has 7 nitrogen and oxygen atoms in total. The van der Waals surface area contributed by atoms with Crippen LogP contribution in [-0.4, -0.2) is 37.7 Å². The van der Waals surface area contributed by atoms with Gasteiger partial charge in [-0.25, -0.2) is 4.79 Å². The van der Waals surface area contributed by atoms with Crippen LogP contribution in [0.25, 0.3) is 0 Å². The smallest absolute Gasteiger partial charge is 0.335 e. The fourth-order valence-electron chi connectivity index (χ4n) is 3.87. The first-order chi connectivity index (χ1) is 18.1. The number of thioether (sulfide) groups is 1. The Hall–Kier alpha value is -2.30. The molecule has 3 N–H and O–H groups in total. The summed E-state index contributed by atoms with van der Waals surface area (Å²) < 4.78 is 10.5. The number of aliphatic hydroxyl groups is 1. The van der Waals surface area contributed by atoms with Gasteiger partial charge in [0.05, 0.1) is 24.4 Å². The van der Waals surface area contributed by atoms with Crippen molar-refractivity contribution in [2.24, 2.45) is 0 Å². The summed E-state index contributed by atoms with van der Waals surface area (Å²) in [6.07, 6.45) is -0.657. The van der Waals surface area contributed by atoms with E-state index >= 15 is 0 Å². The Morgan fingerprint density at radius 2 is 1.68 bits per heavy atom. The Morgan fingerprint density at radius 3 is 2.32 bits per heavy atom. The maximum Gasteiger partial charge on any atom is 0.335 e. The van der Waals surface area contributed by atoms with Gasteiger partial charge in [0.25, 0.3) is 9.70 Å². The lowest BCUT2D eigenvalue weighted by molar-refractivity contribution is -0.245. The largest absolute Gasteiger partial charge is 0.478 e. The molecular formula is C27H24Cl3NO6S. The van der Waals surface area contributed by atoms with E-state index in [1.165, 1.54) is 0 Å². The number of hydrogen-bond donors (Lipinski definition) is 3. The number of halogens is 3. The molecule has 0 radical (unpaired) electrons. The summed E-state index contributed by atoms with van der Waals surface area (Å²) in [6, 6.07) is 21.2. The van der Waals surface area contributed by atoms with Gasteiger partial charge >= 0.3 is 5.97 Å². The number of aliphatic hydroxyl groups excluding tert-OH is 1. The molecule has 1 heterocycles. The molecule has 0 aliphatic carbocycles. The van der Waals surface area contributed by atoms with Crippen LogP contribution in [0.1, 0.15) is 45.9 Å². The minimum Gasteiger partial charge on any atom is -0.478 e. The van der Waals surface area contributed by atoms with Crippen LogP contribution in [0.5, 0.6) is 0 Å². The molecule has 0 aromatic heterocycles. The van der Waals surface area contributed by atoms with Crippen LogP contribution in [0.4, 0.5) is 5.69 Å². The van der Waals surface area contributed by atoms with E-state index in [1.807, 2.05) is 30.3 Å². The summed E-state index contributed by atoms with van der Waals surface area (Å²) >= 11 is 18.6. The molecule has 11 heteroatoms. The van der Waals surface area contributed by atoms with Gasteiger partial charge in [-0.15, -0.1) is 11.8 Å². The first-order valence-electron chi connectivity index (χ1n) is 11.6. The number of anilines is 1. The van der Waals surface area contributed by atoms with Gasteiger partial charge in [0.15, 0.2) is 6.29 Å². The first kappa shape index (κ1) is 28.7. The third kappa shape index (κ3) is 7.64. The van der Waals surface area contributed by atoms with Gasteiger partial charge in [0.1, 0.15) is 0 Å². The lowest BCUT2D eigenvalue weighted by Gasteiger charge is -2.36. The molecule has 0 spiro atoms. The second-order valence-electron chi connectivity index (χ2n) is 8.57. The molecule has 4 rings (SSSR count). The normalized spacial score (nSPS) is 19.6. The molecular weight excluding hydrogens is 573 g/mol. The lowest BCUT2D eigenvalue weighted by atomic mass is 10.0. The maximum atomic E-state index is 12.1. The molecule has 3 atom stereocenters. The van der Waals surface area contributed by atoms with Crippen molar-refractivity contribution in [2.75, 3.05) is 11.1 Å². The average molecular weight is 597 g/mol. The minimum atomic E-state index is -2.11. The van der Waals surface area contributed by atoms with Crippen LogP contribution < -0.4 is 5.32 Å². The molecule has 3 aromatic rings. The van der Waals surface area contributed by atoms with Gasteiger partial charge < -0.3 is 25.0 Å². The number of amides is 1. The molecule has 38 heavy (non-hydrogen) atoms. The van der Waals surface area contributed by atoms with E-state index < -0.39 is 22.0 Å². The Morgan fingerprint density at radius 1 is 0.974 bits per heavy atom. The molecule has 1 aliphatic rings. The summed E-state index contributed by atoms with van der Waals surface area (Å²) in [5, 5.41) is 21.1. The summed E-state index contributed by atoms with van der Waals surface area (Å²) in [7, 11) is 0. The van der Waals surface area contributed by atoms with Gasteiger partial charge in [-0.2, -0.15) is 0 Å². The zero-order valence-corrected chi connectivity index (χ0v) is 22.9. The zero-order valence-electron chi connectivity index (χ0n) is 19.9. The molecule has 0 bridgehead atoms. The number of carboxylic acid groups (broad SMARTS) is 1. The van der Waals surface area contributed by atoms with Crippen molar-refractivity contribution in [3.05, 3.63) is 95.1 Å². The molecule has 3 aromatic carbocycles. The van der Waals surface area contributed by atoms with Gasteiger partial charge in [-0.05, 0) is 47.5 Å². The third-order valence-corrected chi connectivity index (χ3v) is 7.49. The minimum absolute atomic E-state index is 0.0514. The van der Waals surface area contributed by atoms with E-state index in [9.17, 15) is 14.7 Å². The number of hydrogen-bond acceptors (Lipinski definition) is 6. The molecule has 200 valence electrons. The van der Waals surface area contributed by atoms with Gasteiger partial charge in [-0.1, -0.05) is 71.2 Å². The van der Waals surface area contributed by atoms with Crippen LogP contribution in [0.3, 0.4) is 0 Å². The Labute approximate surface area is 239 Å². The van der Waals surface area contributed by atoms with Crippen molar-refractivity contribution in [3.8, 4) is 0 Å². The van der Waals surface area contributed by atoms with Gasteiger partial charge in [0.2, 0.25) is 0 Å². The Balaban J connectivity index is 1.53. The van der Waals surface area contributed by atoms with E-state index in [0.717, 1.165) is 16.0 Å². The van der Waals surface area contributed by atoms with E-state index in [1.54, 1.807) is 54.2 Å². The number of carbonyl (C=O) groups excluding carboxylic acids is 1. The molecule has 1 saturated heterocycles. The van der Waals surface area contributed by atoms with Gasteiger partial charge in [-0.3, -0.25) is 4.79 Å². The highest BCUT2D eigenvalue weighted by Crippen LogP contribution is 2.40. The van der Waals surface area contributed by atoms with E-state index in [2.05, 4.69) is 5.32 Å². The number of rotatable bonds is 8. The van der Waals surface area contributed by atoms with Crippen molar-refractivity contribution in [2.45, 2.75) is 40.2 Å². The predicted molar refractivity (Wildman–Crippen MR) is 148 cm³/mol. The number of aromatic carboxylic acids is 1. The van der Waals surface area contributed by atoms with Crippen LogP contribution in [0.2, 0.25) is 0 Å². The molecule has 1 aliphatic heterocycles. The van der Waals surface area contributed by atoms with E-state index in [-0.39, 0.29) is 24.4 Å². The maximum absolute atomic E-state index is 12.1. The fourth-order valence-corrected chi connectivity index (χ4v) is 4.93. The highest BCUT2D eigenvalue weighted by atomic mass is 35.6. The van der Waals surface area contributed by atoms with Crippen LogP contribution >= 0.6 is 46.6 Å². The van der Waals surface area contributed by atoms with Gasteiger partial charge in [0, 0.05) is 28.3 Å². The predicted octanol–water partition coefficient (Wildman–Crippen LogP) is 6.52. The van der Waals surface area contributed by atoms with Crippen LogP contribution in [0.15, 0.2) is 77.7 Å². The lowest BCUT2D eigenvalue weighted by Crippen LogP contribution is -2.31. The molecule has 1 amide bonds. The monoisotopic (exact) mass is 595 g/mol. The number of benzene rings is 3.